The van der Waals surface area contributed by atoms with Crippen molar-refractivity contribution in [2.75, 3.05) is 18.8 Å². The normalized spacial score (nSPS) is 15.9. The predicted octanol–water partition coefficient (Wildman–Crippen LogP) is 2.72. The smallest absolute Gasteiger partial charge is 0.219 e. The molecule has 0 heterocycles. The Labute approximate surface area is 151 Å². The minimum absolute atomic E-state index is 0.0372. The molecule has 0 saturated heterocycles. The van der Waals surface area contributed by atoms with Crippen molar-refractivity contribution in [1.82, 2.24) is 9.62 Å². The Morgan fingerprint density at radius 1 is 1.16 bits per heavy atom. The van der Waals surface area contributed by atoms with Gasteiger partial charge in [-0.25, -0.2) is 13.1 Å². The van der Waals surface area contributed by atoms with Crippen LogP contribution in [0.25, 0.3) is 0 Å². The summed E-state index contributed by atoms with van der Waals surface area (Å²) in [5.41, 5.74) is 1.15. The largest absolute Gasteiger partial charge is 0.339 e. The van der Waals surface area contributed by atoms with E-state index in [1.54, 1.807) is 6.92 Å². The van der Waals surface area contributed by atoms with Crippen LogP contribution in [0.1, 0.15) is 51.0 Å². The van der Waals surface area contributed by atoms with Crippen LogP contribution >= 0.6 is 0 Å². The Morgan fingerprint density at radius 3 is 2.48 bits per heavy atom. The number of sulfonamides is 1. The summed E-state index contributed by atoms with van der Waals surface area (Å²) < 4.78 is 26.9. The van der Waals surface area contributed by atoms with Crippen LogP contribution in [0.5, 0.6) is 0 Å². The lowest BCUT2D eigenvalue weighted by Gasteiger charge is -2.33. The van der Waals surface area contributed by atoms with E-state index in [-0.39, 0.29) is 17.7 Å². The number of amides is 1. The average molecular weight is 367 g/mol. The van der Waals surface area contributed by atoms with Crippen LogP contribution < -0.4 is 4.72 Å². The molecule has 1 saturated carbocycles. The van der Waals surface area contributed by atoms with Gasteiger partial charge < -0.3 is 4.90 Å². The van der Waals surface area contributed by atoms with Crippen molar-refractivity contribution in [3.8, 4) is 0 Å². The molecule has 25 heavy (non-hydrogen) atoms. The molecule has 0 atom stereocenters. The van der Waals surface area contributed by atoms with Gasteiger partial charge in [0.15, 0.2) is 0 Å². The van der Waals surface area contributed by atoms with E-state index in [1.807, 2.05) is 35.2 Å². The van der Waals surface area contributed by atoms with Crippen molar-refractivity contribution in [2.24, 2.45) is 0 Å². The first-order valence-corrected chi connectivity index (χ1v) is 10.9. The molecule has 1 aliphatic carbocycles. The first-order chi connectivity index (χ1) is 12.0. The minimum atomic E-state index is -3.29. The van der Waals surface area contributed by atoms with Crippen LogP contribution in [0.2, 0.25) is 0 Å². The van der Waals surface area contributed by atoms with Gasteiger partial charge in [-0.05, 0) is 31.2 Å². The highest BCUT2D eigenvalue weighted by molar-refractivity contribution is 7.89. The number of hydrogen-bond acceptors (Lipinski definition) is 3. The Bertz CT molecular complexity index is 625. The minimum Gasteiger partial charge on any atom is -0.339 e. The topological polar surface area (TPSA) is 66.5 Å². The molecule has 0 spiro atoms. The summed E-state index contributed by atoms with van der Waals surface area (Å²) in [5.74, 6) is 0.154. The van der Waals surface area contributed by atoms with Crippen LogP contribution in [0.3, 0.4) is 0 Å². The molecule has 140 valence electrons. The predicted molar refractivity (Wildman–Crippen MR) is 101 cm³/mol. The van der Waals surface area contributed by atoms with Gasteiger partial charge in [-0.2, -0.15) is 0 Å². The molecule has 1 aliphatic rings. The van der Waals surface area contributed by atoms with E-state index in [1.165, 1.54) is 6.42 Å². The molecule has 0 bridgehead atoms. The van der Waals surface area contributed by atoms with E-state index in [4.69, 9.17) is 0 Å². The van der Waals surface area contributed by atoms with E-state index >= 15 is 0 Å². The average Bonchev–Trinajstić information content (AvgIpc) is 2.60. The van der Waals surface area contributed by atoms with Crippen molar-refractivity contribution in [2.45, 2.75) is 57.9 Å². The Kier molecular flexibility index (Phi) is 7.90. The maximum atomic E-state index is 12.1. The van der Waals surface area contributed by atoms with E-state index < -0.39 is 10.0 Å². The lowest BCUT2D eigenvalue weighted by Crippen LogP contribution is -2.44. The molecule has 1 fully saturated rings. The number of nitrogens with zero attached hydrogens (tertiary/aromatic N) is 1. The van der Waals surface area contributed by atoms with Crippen LogP contribution in [-0.4, -0.2) is 44.1 Å². The molecular formula is C19H30N2O3S. The molecule has 1 amide bonds. The zero-order chi connectivity index (χ0) is 18.1. The third kappa shape index (κ3) is 7.16. The summed E-state index contributed by atoms with van der Waals surface area (Å²) in [4.78, 5) is 13.7. The number of carbonyl (C=O) groups is 1. The van der Waals surface area contributed by atoms with Crippen LogP contribution in [0, 0.1) is 0 Å². The molecule has 0 aliphatic heterocycles. The van der Waals surface area contributed by atoms with Crippen LogP contribution in [0.15, 0.2) is 30.3 Å². The van der Waals surface area contributed by atoms with E-state index in [0.717, 1.165) is 37.7 Å². The van der Waals surface area contributed by atoms with Gasteiger partial charge in [0.25, 0.3) is 0 Å². The lowest BCUT2D eigenvalue weighted by atomic mass is 9.94. The highest BCUT2D eigenvalue weighted by Gasteiger charge is 2.23. The fourth-order valence-electron chi connectivity index (χ4n) is 3.49. The Morgan fingerprint density at radius 2 is 1.84 bits per heavy atom. The molecule has 1 aromatic rings. The Balaban J connectivity index is 1.73. The molecule has 0 radical (unpaired) electrons. The summed E-state index contributed by atoms with van der Waals surface area (Å²) in [7, 11) is -3.29. The summed E-state index contributed by atoms with van der Waals surface area (Å²) in [6.07, 6.45) is 6.95. The first-order valence-electron chi connectivity index (χ1n) is 9.26. The van der Waals surface area contributed by atoms with Gasteiger partial charge in [-0.15, -0.1) is 0 Å². The fraction of sp³-hybridized carbons (Fsp3) is 0.632. The second kappa shape index (κ2) is 9.92. The zero-order valence-corrected chi connectivity index (χ0v) is 15.9. The molecule has 1 aromatic carbocycles. The van der Waals surface area contributed by atoms with Gasteiger partial charge >= 0.3 is 0 Å². The van der Waals surface area contributed by atoms with Crippen molar-refractivity contribution in [3.63, 3.8) is 0 Å². The second-order valence-electron chi connectivity index (χ2n) is 6.81. The van der Waals surface area contributed by atoms with E-state index in [0.29, 0.717) is 19.5 Å². The molecule has 2 rings (SSSR count). The maximum absolute atomic E-state index is 12.1. The molecule has 6 heteroatoms. The van der Waals surface area contributed by atoms with Gasteiger partial charge in [0.1, 0.15) is 0 Å². The molecular weight excluding hydrogens is 336 g/mol. The monoisotopic (exact) mass is 366 g/mol. The Hall–Kier alpha value is -1.40. The summed E-state index contributed by atoms with van der Waals surface area (Å²) >= 11 is 0. The maximum Gasteiger partial charge on any atom is 0.219 e. The van der Waals surface area contributed by atoms with Crippen molar-refractivity contribution < 1.29 is 13.2 Å². The summed E-state index contributed by atoms with van der Waals surface area (Å²) in [6, 6.07) is 10.2. The quantitative estimate of drug-likeness (QED) is 0.731. The molecule has 1 N–H and O–H groups in total. The lowest BCUT2D eigenvalue weighted by molar-refractivity contribution is -0.131. The third-order valence-corrected chi connectivity index (χ3v) is 6.29. The summed E-state index contributed by atoms with van der Waals surface area (Å²) in [5, 5.41) is 0. The van der Waals surface area contributed by atoms with E-state index in [2.05, 4.69) is 4.72 Å². The van der Waals surface area contributed by atoms with Crippen molar-refractivity contribution in [1.29, 1.82) is 0 Å². The molecule has 5 nitrogen and oxygen atoms in total. The first kappa shape index (κ1) is 19.9. The van der Waals surface area contributed by atoms with Crippen molar-refractivity contribution >= 4 is 15.9 Å². The van der Waals surface area contributed by atoms with Gasteiger partial charge in [0.2, 0.25) is 15.9 Å². The number of benzene rings is 1. The van der Waals surface area contributed by atoms with E-state index in [9.17, 15) is 13.2 Å². The number of hydrogen-bond donors (Lipinski definition) is 1. The van der Waals surface area contributed by atoms with Gasteiger partial charge in [0.05, 0.1) is 5.75 Å². The third-order valence-electron chi connectivity index (χ3n) is 4.82. The van der Waals surface area contributed by atoms with Crippen molar-refractivity contribution in [3.05, 3.63) is 35.9 Å². The van der Waals surface area contributed by atoms with Gasteiger partial charge in [0, 0.05) is 26.1 Å². The second-order valence-corrected chi connectivity index (χ2v) is 8.73. The van der Waals surface area contributed by atoms with Crippen LogP contribution in [0.4, 0.5) is 0 Å². The highest BCUT2D eigenvalue weighted by atomic mass is 32.2. The summed E-state index contributed by atoms with van der Waals surface area (Å²) in [6.45, 7) is 2.32. The SMILES string of the molecule is CC(=O)N(CCNS(=O)(=O)CCCc1ccccc1)C1CCCCC1. The van der Waals surface area contributed by atoms with Gasteiger partial charge in [-0.1, -0.05) is 49.6 Å². The highest BCUT2D eigenvalue weighted by Crippen LogP contribution is 2.22. The van der Waals surface area contributed by atoms with Gasteiger partial charge in [-0.3, -0.25) is 4.79 Å². The number of aryl methyl sites for hydroxylation is 1. The standard InChI is InChI=1S/C19H30N2O3S/c1-17(22)21(19-12-6-3-7-13-19)15-14-20-25(23,24)16-8-11-18-9-4-2-5-10-18/h2,4-5,9-10,19-20H,3,6-8,11-16H2,1H3. The zero-order valence-electron chi connectivity index (χ0n) is 15.1. The van der Waals surface area contributed by atoms with Crippen LogP contribution in [-0.2, 0) is 21.2 Å². The number of rotatable bonds is 9. The fourth-order valence-corrected chi connectivity index (χ4v) is 4.57. The molecule has 0 unspecified atom stereocenters. The number of nitrogens with one attached hydrogen (secondary N) is 1. The molecule has 0 aromatic heterocycles. The number of carbonyl (C=O) groups excluding carboxylic acids is 1.